The third-order valence-corrected chi connectivity index (χ3v) is 6.10. The van der Waals surface area contributed by atoms with E-state index in [1.165, 1.54) is 0 Å². The second-order valence-corrected chi connectivity index (χ2v) is 7.59. The van der Waals surface area contributed by atoms with E-state index < -0.39 is 10.2 Å². The van der Waals surface area contributed by atoms with Crippen molar-refractivity contribution in [2.24, 2.45) is 0 Å². The molecule has 1 aromatic rings. The molecular weight excluding hydrogens is 280 g/mol. The lowest BCUT2D eigenvalue weighted by Gasteiger charge is -2.24. The lowest BCUT2D eigenvalue weighted by atomic mass is 10.2. The molecule has 0 radical (unpaired) electrons. The molecule has 1 aliphatic heterocycles. The largest absolute Gasteiger partial charge is 0.280 e. The van der Waals surface area contributed by atoms with Crippen molar-refractivity contribution in [2.75, 3.05) is 13.1 Å². The molecule has 0 spiro atoms. The Morgan fingerprint density at radius 1 is 1.32 bits per heavy atom. The molecule has 0 amide bonds. The van der Waals surface area contributed by atoms with Gasteiger partial charge in [-0.1, -0.05) is 25.8 Å². The topological polar surface area (TPSA) is 49.4 Å². The molecule has 6 heteroatoms. The molecule has 0 aliphatic carbocycles. The van der Waals surface area contributed by atoms with Crippen molar-refractivity contribution >= 4 is 21.5 Å². The Bertz CT molecular complexity index is 463. The summed E-state index contributed by atoms with van der Waals surface area (Å²) in [4.78, 5) is 1.08. The first-order valence-corrected chi connectivity index (χ1v) is 9.26. The van der Waals surface area contributed by atoms with Crippen LogP contribution in [0.5, 0.6) is 0 Å². The number of rotatable bonds is 5. The molecule has 2 rings (SSSR count). The Labute approximate surface area is 120 Å². The van der Waals surface area contributed by atoms with E-state index in [9.17, 15) is 8.42 Å². The summed E-state index contributed by atoms with van der Waals surface area (Å²) in [5.74, 6) is 0. The molecule has 1 N–H and O–H groups in total. The molecule has 1 atom stereocenters. The van der Waals surface area contributed by atoms with Crippen LogP contribution in [-0.2, 0) is 10.2 Å². The maximum Gasteiger partial charge on any atom is 0.280 e. The summed E-state index contributed by atoms with van der Waals surface area (Å²) >= 11 is 1.60. The van der Waals surface area contributed by atoms with Crippen LogP contribution in [0.1, 0.15) is 49.9 Å². The molecule has 4 nitrogen and oxygen atoms in total. The first-order valence-electron chi connectivity index (χ1n) is 6.94. The number of thiophene rings is 1. The maximum atomic E-state index is 12.4. The average Bonchev–Trinajstić information content (AvgIpc) is 2.77. The SMILES string of the molecule is CC[C@@H](NS(=O)(=O)N1CCCCCC1)c1cccs1. The Morgan fingerprint density at radius 3 is 2.53 bits per heavy atom. The highest BCUT2D eigenvalue weighted by Gasteiger charge is 2.26. The summed E-state index contributed by atoms with van der Waals surface area (Å²) in [6.07, 6.45) is 4.98. The predicted molar refractivity (Wildman–Crippen MR) is 79.4 cm³/mol. The number of nitrogens with zero attached hydrogens (tertiary/aromatic N) is 1. The van der Waals surface area contributed by atoms with E-state index in [1.54, 1.807) is 15.6 Å². The van der Waals surface area contributed by atoms with Crippen LogP contribution >= 0.6 is 11.3 Å². The zero-order valence-electron chi connectivity index (χ0n) is 11.3. The minimum Gasteiger partial charge on any atom is -0.195 e. The van der Waals surface area contributed by atoms with Gasteiger partial charge in [-0.05, 0) is 30.7 Å². The second kappa shape index (κ2) is 6.83. The molecule has 0 unspecified atom stereocenters. The predicted octanol–water partition coefficient (Wildman–Crippen LogP) is 2.91. The van der Waals surface area contributed by atoms with E-state index in [2.05, 4.69) is 4.72 Å². The van der Waals surface area contributed by atoms with E-state index in [-0.39, 0.29) is 6.04 Å². The average molecular weight is 302 g/mol. The molecule has 19 heavy (non-hydrogen) atoms. The van der Waals surface area contributed by atoms with Crippen LogP contribution in [0.25, 0.3) is 0 Å². The summed E-state index contributed by atoms with van der Waals surface area (Å²) in [6, 6.07) is 3.85. The van der Waals surface area contributed by atoms with E-state index in [4.69, 9.17) is 0 Å². The molecule has 2 heterocycles. The van der Waals surface area contributed by atoms with Gasteiger partial charge >= 0.3 is 0 Å². The molecular formula is C13H22N2O2S2. The first kappa shape index (κ1) is 15.0. The molecule has 108 valence electrons. The zero-order valence-corrected chi connectivity index (χ0v) is 13.0. The van der Waals surface area contributed by atoms with Crippen molar-refractivity contribution in [1.82, 2.24) is 9.03 Å². The Morgan fingerprint density at radius 2 is 2.00 bits per heavy atom. The third kappa shape index (κ3) is 4.02. The summed E-state index contributed by atoms with van der Waals surface area (Å²) in [5.41, 5.74) is 0. The lowest BCUT2D eigenvalue weighted by Crippen LogP contribution is -2.42. The third-order valence-electron chi connectivity index (χ3n) is 3.49. The summed E-state index contributed by atoms with van der Waals surface area (Å²) in [7, 11) is -3.35. The quantitative estimate of drug-likeness (QED) is 0.909. The number of hydrogen-bond donors (Lipinski definition) is 1. The fourth-order valence-corrected chi connectivity index (χ4v) is 4.85. The molecule has 0 bridgehead atoms. The number of hydrogen-bond acceptors (Lipinski definition) is 3. The van der Waals surface area contributed by atoms with Gasteiger partial charge in [0, 0.05) is 18.0 Å². The molecule has 0 aromatic carbocycles. The van der Waals surface area contributed by atoms with Gasteiger partial charge in [-0.3, -0.25) is 0 Å². The molecule has 1 aromatic heterocycles. The highest BCUT2D eigenvalue weighted by atomic mass is 32.2. The van der Waals surface area contributed by atoms with Gasteiger partial charge in [-0.15, -0.1) is 11.3 Å². The minimum absolute atomic E-state index is 0.103. The van der Waals surface area contributed by atoms with Crippen LogP contribution in [0.3, 0.4) is 0 Å². The van der Waals surface area contributed by atoms with Gasteiger partial charge in [0.15, 0.2) is 0 Å². The molecule has 0 saturated carbocycles. The van der Waals surface area contributed by atoms with Gasteiger partial charge in [-0.25, -0.2) is 0 Å². The van der Waals surface area contributed by atoms with Crippen LogP contribution in [0.2, 0.25) is 0 Å². The van der Waals surface area contributed by atoms with E-state index >= 15 is 0 Å². The van der Waals surface area contributed by atoms with E-state index in [0.29, 0.717) is 13.1 Å². The highest BCUT2D eigenvalue weighted by Crippen LogP contribution is 2.23. The van der Waals surface area contributed by atoms with Crippen LogP contribution in [0.4, 0.5) is 0 Å². The van der Waals surface area contributed by atoms with Gasteiger partial charge < -0.3 is 0 Å². The second-order valence-electron chi connectivity index (χ2n) is 4.91. The van der Waals surface area contributed by atoms with Crippen molar-refractivity contribution in [3.05, 3.63) is 22.4 Å². The Balaban J connectivity index is 2.06. The van der Waals surface area contributed by atoms with Crippen molar-refractivity contribution in [1.29, 1.82) is 0 Å². The monoisotopic (exact) mass is 302 g/mol. The van der Waals surface area contributed by atoms with Gasteiger partial charge in [0.25, 0.3) is 10.2 Å². The summed E-state index contributed by atoms with van der Waals surface area (Å²) in [5, 5.41) is 1.98. The van der Waals surface area contributed by atoms with E-state index in [1.807, 2.05) is 24.4 Å². The van der Waals surface area contributed by atoms with Gasteiger partial charge in [0.1, 0.15) is 0 Å². The first-order chi connectivity index (χ1) is 9.13. The molecule has 1 aliphatic rings. The van der Waals surface area contributed by atoms with Crippen LogP contribution in [0, 0.1) is 0 Å². The van der Waals surface area contributed by atoms with Crippen molar-refractivity contribution < 1.29 is 8.42 Å². The van der Waals surface area contributed by atoms with Gasteiger partial charge in [0.05, 0.1) is 6.04 Å². The minimum atomic E-state index is -3.35. The maximum absolute atomic E-state index is 12.4. The summed E-state index contributed by atoms with van der Waals surface area (Å²) < 4.78 is 29.3. The van der Waals surface area contributed by atoms with Crippen molar-refractivity contribution in [2.45, 2.75) is 45.1 Å². The van der Waals surface area contributed by atoms with Crippen molar-refractivity contribution in [3.63, 3.8) is 0 Å². The highest BCUT2D eigenvalue weighted by molar-refractivity contribution is 7.87. The zero-order chi connectivity index (χ0) is 13.7. The van der Waals surface area contributed by atoms with Gasteiger partial charge in [-0.2, -0.15) is 17.4 Å². The fraction of sp³-hybridized carbons (Fsp3) is 0.692. The smallest absolute Gasteiger partial charge is 0.195 e. The van der Waals surface area contributed by atoms with E-state index in [0.717, 1.165) is 37.0 Å². The standard InChI is InChI=1S/C13H22N2O2S2/c1-2-12(13-8-7-11-18-13)14-19(16,17)15-9-5-3-4-6-10-15/h7-8,11-12,14H,2-6,9-10H2,1H3/t12-/m1/s1. The lowest BCUT2D eigenvalue weighted by molar-refractivity contribution is 0.407. The Kier molecular flexibility index (Phi) is 5.38. The summed E-state index contributed by atoms with van der Waals surface area (Å²) in [6.45, 7) is 3.31. The Hall–Kier alpha value is -0.430. The van der Waals surface area contributed by atoms with Crippen LogP contribution < -0.4 is 4.72 Å². The number of nitrogens with one attached hydrogen (secondary N) is 1. The normalized spacial score (nSPS) is 20.1. The van der Waals surface area contributed by atoms with Crippen LogP contribution in [-0.4, -0.2) is 25.8 Å². The van der Waals surface area contributed by atoms with Crippen LogP contribution in [0.15, 0.2) is 17.5 Å². The fourth-order valence-electron chi connectivity index (χ4n) is 2.37. The van der Waals surface area contributed by atoms with Crippen molar-refractivity contribution in [3.8, 4) is 0 Å². The molecule has 1 fully saturated rings. The van der Waals surface area contributed by atoms with Gasteiger partial charge in [0.2, 0.25) is 0 Å². The molecule has 1 saturated heterocycles.